The van der Waals surface area contributed by atoms with Crippen LogP contribution < -0.4 is 14.4 Å². The Hall–Kier alpha value is -3.02. The maximum absolute atomic E-state index is 14.3. The fraction of sp³-hybridized carbons (Fsp3) is 0.394. The molecule has 0 unspecified atom stereocenters. The van der Waals surface area contributed by atoms with Gasteiger partial charge in [-0.25, -0.2) is 8.42 Å². The van der Waals surface area contributed by atoms with Gasteiger partial charge >= 0.3 is 0 Å². The van der Waals surface area contributed by atoms with E-state index in [4.69, 9.17) is 4.74 Å². The number of carbonyl (C=O) groups is 2. The summed E-state index contributed by atoms with van der Waals surface area (Å²) in [6, 6.07) is 20.1. The molecule has 4 rings (SSSR count). The molecule has 236 valence electrons. The zero-order valence-corrected chi connectivity index (χ0v) is 28.6. The lowest BCUT2D eigenvalue weighted by molar-refractivity contribution is -0.139. The monoisotopic (exact) mass is 701 g/mol. The van der Waals surface area contributed by atoms with Gasteiger partial charge in [-0.3, -0.25) is 13.9 Å². The van der Waals surface area contributed by atoms with Crippen molar-refractivity contribution in [3.8, 4) is 5.75 Å². The first kappa shape index (κ1) is 33.9. The van der Waals surface area contributed by atoms with Gasteiger partial charge in [-0.05, 0) is 87.0 Å². The highest BCUT2D eigenvalue weighted by Gasteiger charge is 2.34. The first-order chi connectivity index (χ1) is 21.1. The van der Waals surface area contributed by atoms with Gasteiger partial charge in [0.25, 0.3) is 10.0 Å². The number of rotatable bonds is 13. The van der Waals surface area contributed by atoms with Crippen molar-refractivity contribution in [3.63, 3.8) is 0 Å². The Morgan fingerprint density at radius 3 is 2.39 bits per heavy atom. The molecule has 1 aliphatic rings. The highest BCUT2D eigenvalue weighted by molar-refractivity contribution is 9.10. The minimum absolute atomic E-state index is 0.0519. The summed E-state index contributed by atoms with van der Waals surface area (Å²) in [6.45, 7) is 3.43. The zero-order chi connectivity index (χ0) is 31.7. The molecule has 0 saturated heterocycles. The Morgan fingerprint density at radius 2 is 1.73 bits per heavy atom. The first-order valence-electron chi connectivity index (χ1n) is 14.9. The van der Waals surface area contributed by atoms with Gasteiger partial charge in [-0.15, -0.1) is 11.8 Å². The number of nitrogens with one attached hydrogen (secondary N) is 1. The molecular formula is C33H40BrN3O5S2. The van der Waals surface area contributed by atoms with E-state index in [1.807, 2.05) is 37.4 Å². The number of benzene rings is 3. The fourth-order valence-corrected chi connectivity index (χ4v) is 7.59. The number of hydrogen-bond acceptors (Lipinski definition) is 6. The van der Waals surface area contributed by atoms with Crippen molar-refractivity contribution in [2.24, 2.45) is 0 Å². The van der Waals surface area contributed by atoms with Gasteiger partial charge < -0.3 is 15.0 Å². The minimum Gasteiger partial charge on any atom is -0.492 e. The summed E-state index contributed by atoms with van der Waals surface area (Å²) in [6.07, 6.45) is 7.01. The predicted molar refractivity (Wildman–Crippen MR) is 180 cm³/mol. The Labute approximate surface area is 273 Å². The van der Waals surface area contributed by atoms with Crippen LogP contribution in [0.25, 0.3) is 0 Å². The zero-order valence-electron chi connectivity index (χ0n) is 25.4. The maximum atomic E-state index is 14.3. The molecule has 0 aromatic heterocycles. The standard InChI is InChI=1S/C33H40BrN3O5S2/c1-4-42-31-16-9-8-15-30(31)37(44(40,41)29-19-17-28(43-3)18-20-29)23-32(38)36(22-25-11-10-12-26(34)21-25)24(2)33(39)35-27-13-6-5-7-14-27/h8-12,15-21,24,27H,4-7,13-14,22-23H2,1-3H3,(H,35,39)/t24-/m0/s1. The van der Waals surface area contributed by atoms with E-state index >= 15 is 0 Å². The van der Waals surface area contributed by atoms with Crippen LogP contribution in [0, 0.1) is 0 Å². The third-order valence-corrected chi connectivity index (χ3v) is 10.7. The molecule has 8 nitrogen and oxygen atoms in total. The molecule has 1 atom stereocenters. The van der Waals surface area contributed by atoms with Gasteiger partial charge in [-0.1, -0.05) is 59.5 Å². The van der Waals surface area contributed by atoms with Gasteiger partial charge in [0.1, 0.15) is 18.3 Å². The molecule has 1 aliphatic carbocycles. The lowest BCUT2D eigenvalue weighted by Crippen LogP contribution is -2.53. The molecule has 3 aromatic carbocycles. The van der Waals surface area contributed by atoms with Crippen molar-refractivity contribution in [1.29, 1.82) is 0 Å². The van der Waals surface area contributed by atoms with Crippen molar-refractivity contribution in [3.05, 3.63) is 82.8 Å². The summed E-state index contributed by atoms with van der Waals surface area (Å²) in [7, 11) is -4.21. The lowest BCUT2D eigenvalue weighted by Gasteiger charge is -2.33. The van der Waals surface area contributed by atoms with Gasteiger partial charge in [-0.2, -0.15) is 0 Å². The first-order valence-corrected chi connectivity index (χ1v) is 18.3. The van der Waals surface area contributed by atoms with Crippen molar-refractivity contribution in [1.82, 2.24) is 10.2 Å². The van der Waals surface area contributed by atoms with Gasteiger partial charge in [0.2, 0.25) is 11.8 Å². The maximum Gasteiger partial charge on any atom is 0.264 e. The molecular weight excluding hydrogens is 662 g/mol. The molecule has 1 N–H and O–H groups in total. The van der Waals surface area contributed by atoms with Gasteiger partial charge in [0, 0.05) is 22.0 Å². The molecule has 0 radical (unpaired) electrons. The summed E-state index contributed by atoms with van der Waals surface area (Å²) < 4.78 is 36.2. The number of halogens is 1. The van der Waals surface area contributed by atoms with Crippen LogP contribution >= 0.6 is 27.7 Å². The van der Waals surface area contributed by atoms with Gasteiger partial charge in [0.15, 0.2) is 0 Å². The number of nitrogens with zero attached hydrogens (tertiary/aromatic N) is 2. The van der Waals surface area contributed by atoms with Crippen molar-refractivity contribution < 1.29 is 22.7 Å². The van der Waals surface area contributed by atoms with Crippen LogP contribution in [-0.2, 0) is 26.2 Å². The molecule has 1 fully saturated rings. The number of sulfonamides is 1. The van der Waals surface area contributed by atoms with E-state index < -0.39 is 28.5 Å². The van der Waals surface area contributed by atoms with Crippen LogP contribution in [0.2, 0.25) is 0 Å². The number of thioether (sulfide) groups is 1. The van der Waals surface area contributed by atoms with Crippen LogP contribution in [0.4, 0.5) is 5.69 Å². The average Bonchev–Trinajstić information content (AvgIpc) is 3.03. The number of para-hydroxylation sites is 2. The van der Waals surface area contributed by atoms with Crippen LogP contribution in [0.3, 0.4) is 0 Å². The molecule has 3 aromatic rings. The highest BCUT2D eigenvalue weighted by Crippen LogP contribution is 2.33. The largest absolute Gasteiger partial charge is 0.492 e. The molecule has 0 bridgehead atoms. The summed E-state index contributed by atoms with van der Waals surface area (Å²) in [4.78, 5) is 30.2. The van der Waals surface area contributed by atoms with Gasteiger partial charge in [0.05, 0.1) is 17.2 Å². The highest BCUT2D eigenvalue weighted by atomic mass is 79.9. The normalized spacial score (nSPS) is 14.5. The quantitative estimate of drug-likeness (QED) is 0.201. The predicted octanol–water partition coefficient (Wildman–Crippen LogP) is 6.63. The number of ether oxygens (including phenoxy) is 1. The molecule has 1 saturated carbocycles. The molecule has 11 heteroatoms. The molecule has 2 amide bonds. The topological polar surface area (TPSA) is 96.0 Å². The van der Waals surface area contributed by atoms with E-state index in [-0.39, 0.29) is 29.1 Å². The number of amides is 2. The fourth-order valence-electron chi connectivity index (χ4n) is 5.31. The lowest BCUT2D eigenvalue weighted by atomic mass is 9.95. The van der Waals surface area contributed by atoms with Crippen LogP contribution in [0.1, 0.15) is 51.5 Å². The van der Waals surface area contributed by atoms with E-state index in [1.54, 1.807) is 55.5 Å². The second-order valence-corrected chi connectivity index (χ2v) is 14.4. The van der Waals surface area contributed by atoms with Crippen molar-refractivity contribution in [2.45, 2.75) is 74.4 Å². The third kappa shape index (κ3) is 8.57. The Bertz CT molecular complexity index is 1530. The van der Waals surface area contributed by atoms with E-state index in [0.717, 1.165) is 51.3 Å². The third-order valence-electron chi connectivity index (χ3n) is 7.72. The average molecular weight is 703 g/mol. The number of hydrogen-bond donors (Lipinski definition) is 1. The number of carbonyl (C=O) groups excluding carboxylic acids is 2. The molecule has 0 aliphatic heterocycles. The van der Waals surface area contributed by atoms with E-state index in [0.29, 0.717) is 12.4 Å². The SMILES string of the molecule is CCOc1ccccc1N(CC(=O)N(Cc1cccc(Br)c1)[C@@H](C)C(=O)NC1CCCCC1)S(=O)(=O)c1ccc(SC)cc1. The Balaban J connectivity index is 1.72. The number of anilines is 1. The van der Waals surface area contributed by atoms with E-state index in [1.165, 1.54) is 16.7 Å². The summed E-state index contributed by atoms with van der Waals surface area (Å²) in [5.74, 6) is -0.419. The molecule has 44 heavy (non-hydrogen) atoms. The Morgan fingerprint density at radius 1 is 1.02 bits per heavy atom. The van der Waals surface area contributed by atoms with Crippen molar-refractivity contribution in [2.75, 3.05) is 23.7 Å². The van der Waals surface area contributed by atoms with E-state index in [9.17, 15) is 18.0 Å². The van der Waals surface area contributed by atoms with Crippen molar-refractivity contribution >= 4 is 55.2 Å². The smallest absolute Gasteiger partial charge is 0.264 e. The summed E-state index contributed by atoms with van der Waals surface area (Å²) in [5.41, 5.74) is 1.06. The summed E-state index contributed by atoms with van der Waals surface area (Å²) >= 11 is 5.00. The minimum atomic E-state index is -4.21. The van der Waals surface area contributed by atoms with E-state index in [2.05, 4.69) is 21.2 Å². The molecule has 0 spiro atoms. The van der Waals surface area contributed by atoms with Crippen LogP contribution in [0.5, 0.6) is 5.75 Å². The van der Waals surface area contributed by atoms with Crippen LogP contribution in [0.15, 0.2) is 87.1 Å². The second kappa shape index (κ2) is 15.8. The molecule has 0 heterocycles. The summed E-state index contributed by atoms with van der Waals surface area (Å²) in [5, 5.41) is 3.13. The van der Waals surface area contributed by atoms with Crippen LogP contribution in [-0.4, -0.2) is 56.6 Å². The Kier molecular flexibility index (Phi) is 12.2. The second-order valence-electron chi connectivity index (χ2n) is 10.8.